The van der Waals surface area contributed by atoms with Crippen LogP contribution in [-0.4, -0.2) is 24.3 Å². The first-order valence-electron chi connectivity index (χ1n) is 3.98. The molecular formula is C8H16N2O. The number of hydrogen-bond acceptors (Lipinski definition) is 3. The summed E-state index contributed by atoms with van der Waals surface area (Å²) >= 11 is 0. The second-order valence-electron chi connectivity index (χ2n) is 2.73. The fraction of sp³-hybridized carbons (Fsp3) is 0.875. The van der Waals surface area contributed by atoms with E-state index in [0.29, 0.717) is 6.54 Å². The highest BCUT2D eigenvalue weighted by molar-refractivity contribution is 4.81. The Bertz CT molecular complexity index is 127. The highest BCUT2D eigenvalue weighted by atomic mass is 16.3. The van der Waals surface area contributed by atoms with Crippen LogP contribution in [0.15, 0.2) is 0 Å². The Morgan fingerprint density at radius 3 is 2.64 bits per heavy atom. The molecule has 0 rings (SSSR count). The quantitative estimate of drug-likeness (QED) is 0.609. The third-order valence-corrected chi connectivity index (χ3v) is 1.65. The van der Waals surface area contributed by atoms with Gasteiger partial charge in [0.25, 0.3) is 0 Å². The molecule has 2 unspecified atom stereocenters. The fourth-order valence-corrected chi connectivity index (χ4v) is 0.727. The standard InChI is InChI=1S/C8H16N2O/c1-3-8(6-11)10-5-7(2)4-9/h7-8,10-11H,3,5-6H2,1-2H3. The van der Waals surface area contributed by atoms with Crippen LogP contribution >= 0.6 is 0 Å². The average Bonchev–Trinajstić information content (AvgIpc) is 2.06. The maximum Gasteiger partial charge on any atom is 0.0666 e. The van der Waals surface area contributed by atoms with Gasteiger partial charge in [-0.1, -0.05) is 6.92 Å². The summed E-state index contributed by atoms with van der Waals surface area (Å²) in [5, 5.41) is 20.3. The van der Waals surface area contributed by atoms with Crippen molar-refractivity contribution in [3.05, 3.63) is 0 Å². The Balaban J connectivity index is 3.44. The minimum absolute atomic E-state index is 0.0237. The minimum atomic E-state index is 0.0237. The zero-order valence-electron chi connectivity index (χ0n) is 7.17. The van der Waals surface area contributed by atoms with Crippen LogP contribution in [0.2, 0.25) is 0 Å². The summed E-state index contributed by atoms with van der Waals surface area (Å²) in [6.07, 6.45) is 0.897. The zero-order chi connectivity index (χ0) is 8.69. The molecule has 3 heteroatoms. The summed E-state index contributed by atoms with van der Waals surface area (Å²) in [4.78, 5) is 0. The van der Waals surface area contributed by atoms with E-state index in [-0.39, 0.29) is 18.6 Å². The van der Waals surface area contributed by atoms with Crippen molar-refractivity contribution in [2.75, 3.05) is 13.2 Å². The van der Waals surface area contributed by atoms with Crippen LogP contribution in [-0.2, 0) is 0 Å². The molecule has 3 nitrogen and oxygen atoms in total. The van der Waals surface area contributed by atoms with Crippen LogP contribution in [0, 0.1) is 17.2 Å². The monoisotopic (exact) mass is 156 g/mol. The van der Waals surface area contributed by atoms with Crippen LogP contribution < -0.4 is 5.32 Å². The van der Waals surface area contributed by atoms with Gasteiger partial charge in [0.2, 0.25) is 0 Å². The molecule has 11 heavy (non-hydrogen) atoms. The first-order chi connectivity index (χ1) is 5.24. The number of aliphatic hydroxyl groups is 1. The summed E-state index contributed by atoms with van der Waals surface area (Å²) in [5.74, 6) is 0.0237. The molecule has 0 aliphatic rings. The van der Waals surface area contributed by atoms with Crippen molar-refractivity contribution >= 4 is 0 Å². The van der Waals surface area contributed by atoms with Gasteiger partial charge in [0, 0.05) is 12.6 Å². The van der Waals surface area contributed by atoms with Gasteiger partial charge >= 0.3 is 0 Å². The van der Waals surface area contributed by atoms with E-state index < -0.39 is 0 Å². The number of aliphatic hydroxyl groups excluding tert-OH is 1. The molecule has 0 amide bonds. The Hall–Kier alpha value is -0.590. The van der Waals surface area contributed by atoms with E-state index in [2.05, 4.69) is 11.4 Å². The lowest BCUT2D eigenvalue weighted by Crippen LogP contribution is -2.34. The Morgan fingerprint density at radius 2 is 2.27 bits per heavy atom. The predicted octanol–water partition coefficient (Wildman–Crippen LogP) is 0.507. The van der Waals surface area contributed by atoms with E-state index >= 15 is 0 Å². The van der Waals surface area contributed by atoms with Crippen LogP contribution in [0.3, 0.4) is 0 Å². The van der Waals surface area contributed by atoms with Gasteiger partial charge in [-0.15, -0.1) is 0 Å². The van der Waals surface area contributed by atoms with Crippen molar-refractivity contribution in [1.29, 1.82) is 5.26 Å². The van der Waals surface area contributed by atoms with E-state index in [1.807, 2.05) is 13.8 Å². The predicted molar refractivity (Wildman–Crippen MR) is 43.9 cm³/mol. The normalized spacial score (nSPS) is 15.5. The number of rotatable bonds is 5. The average molecular weight is 156 g/mol. The lowest BCUT2D eigenvalue weighted by atomic mass is 10.2. The molecule has 0 heterocycles. The van der Waals surface area contributed by atoms with E-state index in [0.717, 1.165) is 6.42 Å². The van der Waals surface area contributed by atoms with Crippen molar-refractivity contribution in [2.24, 2.45) is 5.92 Å². The SMILES string of the molecule is CCC(CO)NCC(C)C#N. The molecule has 0 aromatic carbocycles. The number of hydrogen-bond donors (Lipinski definition) is 2. The molecule has 0 radical (unpaired) electrons. The van der Waals surface area contributed by atoms with Gasteiger partial charge in [-0.05, 0) is 13.3 Å². The van der Waals surface area contributed by atoms with Gasteiger partial charge in [0.15, 0.2) is 0 Å². The van der Waals surface area contributed by atoms with Crippen LogP contribution in [0.5, 0.6) is 0 Å². The summed E-state index contributed by atoms with van der Waals surface area (Å²) in [6, 6.07) is 2.27. The van der Waals surface area contributed by atoms with Crippen molar-refractivity contribution < 1.29 is 5.11 Å². The smallest absolute Gasteiger partial charge is 0.0666 e. The third kappa shape index (κ3) is 4.77. The summed E-state index contributed by atoms with van der Waals surface area (Å²) in [6.45, 7) is 4.67. The highest BCUT2D eigenvalue weighted by Crippen LogP contribution is 1.92. The van der Waals surface area contributed by atoms with Crippen LogP contribution in [0.1, 0.15) is 20.3 Å². The molecule has 0 bridgehead atoms. The van der Waals surface area contributed by atoms with Gasteiger partial charge in [0.1, 0.15) is 0 Å². The number of nitrogens with zero attached hydrogens (tertiary/aromatic N) is 1. The molecule has 2 atom stereocenters. The van der Waals surface area contributed by atoms with E-state index in [1.54, 1.807) is 0 Å². The molecule has 0 aromatic rings. The molecule has 0 saturated carbocycles. The lowest BCUT2D eigenvalue weighted by Gasteiger charge is -2.14. The van der Waals surface area contributed by atoms with Gasteiger partial charge in [-0.3, -0.25) is 0 Å². The molecule has 0 fully saturated rings. The van der Waals surface area contributed by atoms with Gasteiger partial charge < -0.3 is 10.4 Å². The fourth-order valence-electron chi connectivity index (χ4n) is 0.727. The van der Waals surface area contributed by atoms with E-state index in [4.69, 9.17) is 10.4 Å². The number of nitriles is 1. The Labute approximate surface area is 68.0 Å². The maximum absolute atomic E-state index is 8.77. The van der Waals surface area contributed by atoms with Crippen molar-refractivity contribution in [3.8, 4) is 6.07 Å². The largest absolute Gasteiger partial charge is 0.395 e. The maximum atomic E-state index is 8.77. The molecule has 0 aromatic heterocycles. The highest BCUT2D eigenvalue weighted by Gasteiger charge is 2.05. The van der Waals surface area contributed by atoms with Crippen molar-refractivity contribution in [1.82, 2.24) is 5.32 Å². The van der Waals surface area contributed by atoms with E-state index in [1.165, 1.54) is 0 Å². The molecular weight excluding hydrogens is 140 g/mol. The molecule has 0 aliphatic carbocycles. The lowest BCUT2D eigenvalue weighted by molar-refractivity contribution is 0.237. The minimum Gasteiger partial charge on any atom is -0.395 e. The molecule has 0 aliphatic heterocycles. The topological polar surface area (TPSA) is 56.0 Å². The van der Waals surface area contributed by atoms with E-state index in [9.17, 15) is 0 Å². The van der Waals surface area contributed by atoms with Gasteiger partial charge in [-0.25, -0.2) is 0 Å². The van der Waals surface area contributed by atoms with Crippen LogP contribution in [0.4, 0.5) is 0 Å². The third-order valence-electron chi connectivity index (χ3n) is 1.65. The summed E-state index contributed by atoms with van der Waals surface area (Å²) in [5.41, 5.74) is 0. The summed E-state index contributed by atoms with van der Waals surface area (Å²) in [7, 11) is 0. The van der Waals surface area contributed by atoms with Gasteiger partial charge in [0.05, 0.1) is 18.6 Å². The summed E-state index contributed by atoms with van der Waals surface area (Å²) < 4.78 is 0. The van der Waals surface area contributed by atoms with Gasteiger partial charge in [-0.2, -0.15) is 5.26 Å². The second kappa shape index (κ2) is 6.14. The molecule has 64 valence electrons. The zero-order valence-corrected chi connectivity index (χ0v) is 7.17. The second-order valence-corrected chi connectivity index (χ2v) is 2.73. The first-order valence-corrected chi connectivity index (χ1v) is 3.98. The van der Waals surface area contributed by atoms with Crippen molar-refractivity contribution in [2.45, 2.75) is 26.3 Å². The molecule has 0 saturated heterocycles. The van der Waals surface area contributed by atoms with Crippen LogP contribution in [0.25, 0.3) is 0 Å². The Morgan fingerprint density at radius 1 is 1.64 bits per heavy atom. The first kappa shape index (κ1) is 10.4. The number of nitrogens with one attached hydrogen (secondary N) is 1. The van der Waals surface area contributed by atoms with Crippen molar-refractivity contribution in [3.63, 3.8) is 0 Å². The Kier molecular flexibility index (Phi) is 5.81. The molecule has 0 spiro atoms. The molecule has 2 N–H and O–H groups in total.